The SMILES string of the molecule is COc1ccc(CCN2C[C@H](C(=O)N3CCC(c4nc5ccccc5o4)CC3)CC2=O)cc1OC. The van der Waals surface area contributed by atoms with E-state index in [1.165, 1.54) is 0 Å². The Balaban J connectivity index is 1.13. The molecule has 0 saturated carbocycles. The van der Waals surface area contributed by atoms with Gasteiger partial charge in [-0.1, -0.05) is 18.2 Å². The quantitative estimate of drug-likeness (QED) is 0.517. The van der Waals surface area contributed by atoms with E-state index in [-0.39, 0.29) is 30.1 Å². The number of para-hydroxylation sites is 2. The number of ether oxygens (including phenoxy) is 2. The molecule has 0 unspecified atom stereocenters. The number of aromatic nitrogens is 1. The normalized spacial score (nSPS) is 18.9. The van der Waals surface area contributed by atoms with Gasteiger partial charge in [-0.25, -0.2) is 4.98 Å². The van der Waals surface area contributed by atoms with Crippen LogP contribution in [-0.2, 0) is 16.0 Å². The standard InChI is InChI=1S/C27H31N3O5/c1-33-23-8-7-18(15-24(23)34-2)9-12-30-17-20(16-25(30)31)27(32)29-13-10-19(11-14-29)26-28-21-5-3-4-6-22(21)35-26/h3-8,15,19-20H,9-14,16-17H2,1-2H3/t20-/m1/s1. The predicted octanol–water partition coefficient (Wildman–Crippen LogP) is 3.64. The minimum Gasteiger partial charge on any atom is -0.493 e. The highest BCUT2D eigenvalue weighted by atomic mass is 16.5. The molecule has 0 radical (unpaired) electrons. The van der Waals surface area contributed by atoms with Gasteiger partial charge in [-0.2, -0.15) is 0 Å². The van der Waals surface area contributed by atoms with Gasteiger partial charge in [0.25, 0.3) is 0 Å². The number of nitrogens with zero attached hydrogens (tertiary/aromatic N) is 3. The van der Waals surface area contributed by atoms with Crippen molar-refractivity contribution in [2.24, 2.45) is 5.92 Å². The van der Waals surface area contributed by atoms with E-state index in [4.69, 9.17) is 13.9 Å². The van der Waals surface area contributed by atoms with Gasteiger partial charge >= 0.3 is 0 Å². The van der Waals surface area contributed by atoms with Gasteiger partial charge in [0.1, 0.15) is 5.52 Å². The fourth-order valence-corrected chi connectivity index (χ4v) is 5.12. The average Bonchev–Trinajstić information content (AvgIpc) is 3.50. The van der Waals surface area contributed by atoms with Crippen molar-refractivity contribution in [1.82, 2.24) is 14.8 Å². The number of hydrogen-bond acceptors (Lipinski definition) is 6. The highest BCUT2D eigenvalue weighted by Crippen LogP contribution is 2.32. The Hall–Kier alpha value is -3.55. The van der Waals surface area contributed by atoms with Crippen molar-refractivity contribution in [2.45, 2.75) is 31.6 Å². The second-order valence-corrected chi connectivity index (χ2v) is 9.30. The predicted molar refractivity (Wildman–Crippen MR) is 131 cm³/mol. The van der Waals surface area contributed by atoms with E-state index in [2.05, 4.69) is 4.98 Å². The minimum atomic E-state index is -0.270. The fraction of sp³-hybridized carbons (Fsp3) is 0.444. The van der Waals surface area contributed by atoms with Crippen LogP contribution < -0.4 is 9.47 Å². The number of rotatable bonds is 7. The third-order valence-electron chi connectivity index (χ3n) is 7.15. The molecule has 2 aliphatic heterocycles. The zero-order chi connectivity index (χ0) is 24.4. The van der Waals surface area contributed by atoms with Gasteiger partial charge in [-0.05, 0) is 49.1 Å². The lowest BCUT2D eigenvalue weighted by atomic mass is 9.95. The van der Waals surface area contributed by atoms with Crippen molar-refractivity contribution >= 4 is 22.9 Å². The van der Waals surface area contributed by atoms with E-state index >= 15 is 0 Å². The lowest BCUT2D eigenvalue weighted by Gasteiger charge is -2.32. The summed E-state index contributed by atoms with van der Waals surface area (Å²) in [6, 6.07) is 13.6. The summed E-state index contributed by atoms with van der Waals surface area (Å²) in [6.45, 7) is 2.39. The number of fused-ring (bicyclic) bond motifs is 1. The Morgan fingerprint density at radius 2 is 1.86 bits per heavy atom. The van der Waals surface area contributed by atoms with Crippen molar-refractivity contribution in [3.05, 3.63) is 53.9 Å². The zero-order valence-corrected chi connectivity index (χ0v) is 20.2. The molecule has 2 saturated heterocycles. The average molecular weight is 478 g/mol. The zero-order valence-electron chi connectivity index (χ0n) is 20.2. The third-order valence-corrected chi connectivity index (χ3v) is 7.15. The van der Waals surface area contributed by atoms with E-state index in [1.54, 1.807) is 14.2 Å². The molecule has 1 atom stereocenters. The lowest BCUT2D eigenvalue weighted by molar-refractivity contribution is -0.136. The van der Waals surface area contributed by atoms with Gasteiger partial charge < -0.3 is 23.7 Å². The number of methoxy groups -OCH3 is 2. The molecule has 3 heterocycles. The lowest BCUT2D eigenvalue weighted by Crippen LogP contribution is -2.42. The Morgan fingerprint density at radius 1 is 1.09 bits per heavy atom. The largest absolute Gasteiger partial charge is 0.493 e. The second kappa shape index (κ2) is 9.98. The number of hydrogen-bond donors (Lipinski definition) is 0. The Kier molecular flexibility index (Phi) is 6.61. The molecule has 2 amide bonds. The van der Waals surface area contributed by atoms with Crippen LogP contribution in [0.3, 0.4) is 0 Å². The van der Waals surface area contributed by atoms with Crippen LogP contribution in [0.1, 0.15) is 36.6 Å². The molecule has 8 nitrogen and oxygen atoms in total. The van der Waals surface area contributed by atoms with Crippen molar-refractivity contribution in [2.75, 3.05) is 40.4 Å². The van der Waals surface area contributed by atoms with Crippen LogP contribution in [0, 0.1) is 5.92 Å². The Labute approximate surface area is 204 Å². The highest BCUT2D eigenvalue weighted by molar-refractivity contribution is 5.89. The molecule has 2 aromatic carbocycles. The summed E-state index contributed by atoms with van der Waals surface area (Å²) in [6.07, 6.45) is 2.63. The van der Waals surface area contributed by atoms with Crippen molar-refractivity contribution < 1.29 is 23.5 Å². The third kappa shape index (κ3) is 4.83. The maximum absolute atomic E-state index is 13.2. The van der Waals surface area contributed by atoms with Crippen LogP contribution >= 0.6 is 0 Å². The first kappa shape index (κ1) is 23.2. The van der Waals surface area contributed by atoms with E-state index < -0.39 is 0 Å². The van der Waals surface area contributed by atoms with E-state index in [1.807, 2.05) is 52.3 Å². The minimum absolute atomic E-state index is 0.0465. The first-order chi connectivity index (χ1) is 17.1. The smallest absolute Gasteiger partial charge is 0.227 e. The molecule has 1 aromatic heterocycles. The van der Waals surface area contributed by atoms with Crippen LogP contribution in [0.4, 0.5) is 0 Å². The summed E-state index contributed by atoms with van der Waals surface area (Å²) in [7, 11) is 3.22. The van der Waals surface area contributed by atoms with Gasteiger partial charge in [0.15, 0.2) is 23.0 Å². The van der Waals surface area contributed by atoms with Crippen molar-refractivity contribution in [3.8, 4) is 11.5 Å². The fourth-order valence-electron chi connectivity index (χ4n) is 5.12. The number of carbonyl (C=O) groups excluding carboxylic acids is 2. The van der Waals surface area contributed by atoms with Crippen LogP contribution in [0.2, 0.25) is 0 Å². The van der Waals surface area contributed by atoms with Crippen LogP contribution in [0.15, 0.2) is 46.9 Å². The number of piperidine rings is 1. The monoisotopic (exact) mass is 477 g/mol. The number of likely N-dealkylation sites (tertiary alicyclic amines) is 2. The first-order valence-electron chi connectivity index (χ1n) is 12.2. The molecule has 8 heteroatoms. The number of oxazole rings is 1. The molecule has 184 valence electrons. The molecule has 0 bridgehead atoms. The molecular weight excluding hydrogens is 446 g/mol. The van der Waals surface area contributed by atoms with E-state index in [0.717, 1.165) is 35.4 Å². The second-order valence-electron chi connectivity index (χ2n) is 9.30. The molecule has 3 aromatic rings. The van der Waals surface area contributed by atoms with Crippen LogP contribution in [0.25, 0.3) is 11.1 Å². The summed E-state index contributed by atoms with van der Waals surface area (Å²) >= 11 is 0. The maximum atomic E-state index is 13.2. The summed E-state index contributed by atoms with van der Waals surface area (Å²) < 4.78 is 16.6. The Morgan fingerprint density at radius 3 is 2.60 bits per heavy atom. The van der Waals surface area contributed by atoms with E-state index in [0.29, 0.717) is 44.1 Å². The van der Waals surface area contributed by atoms with Crippen molar-refractivity contribution in [3.63, 3.8) is 0 Å². The van der Waals surface area contributed by atoms with Gasteiger partial charge in [0.05, 0.1) is 20.1 Å². The number of amides is 2. The van der Waals surface area contributed by atoms with E-state index in [9.17, 15) is 9.59 Å². The molecule has 0 N–H and O–H groups in total. The molecule has 0 spiro atoms. The summed E-state index contributed by atoms with van der Waals surface area (Å²) in [5, 5.41) is 0. The maximum Gasteiger partial charge on any atom is 0.227 e. The summed E-state index contributed by atoms with van der Waals surface area (Å²) in [5.41, 5.74) is 2.74. The van der Waals surface area contributed by atoms with Crippen LogP contribution in [-0.4, -0.2) is 67.0 Å². The molecule has 2 aliphatic rings. The summed E-state index contributed by atoms with van der Waals surface area (Å²) in [4.78, 5) is 34.2. The van der Waals surface area contributed by atoms with Gasteiger partial charge in [-0.15, -0.1) is 0 Å². The molecule has 5 rings (SSSR count). The van der Waals surface area contributed by atoms with Gasteiger partial charge in [0.2, 0.25) is 11.8 Å². The highest BCUT2D eigenvalue weighted by Gasteiger charge is 2.37. The molecule has 2 fully saturated rings. The van der Waals surface area contributed by atoms with Gasteiger partial charge in [-0.3, -0.25) is 9.59 Å². The van der Waals surface area contributed by atoms with Crippen LogP contribution in [0.5, 0.6) is 11.5 Å². The molecule has 35 heavy (non-hydrogen) atoms. The Bertz CT molecular complexity index is 1180. The molecule has 0 aliphatic carbocycles. The molecular formula is C27H31N3O5. The summed E-state index contributed by atoms with van der Waals surface area (Å²) in [5.74, 6) is 2.19. The van der Waals surface area contributed by atoms with Crippen molar-refractivity contribution in [1.29, 1.82) is 0 Å². The van der Waals surface area contributed by atoms with Gasteiger partial charge in [0, 0.05) is 38.5 Å². The number of benzene rings is 2. The first-order valence-corrected chi connectivity index (χ1v) is 12.2. The number of carbonyl (C=O) groups is 2. The topological polar surface area (TPSA) is 85.1 Å².